The van der Waals surface area contributed by atoms with Gasteiger partial charge in [-0.3, -0.25) is 4.68 Å². The summed E-state index contributed by atoms with van der Waals surface area (Å²) in [7, 11) is 0. The normalized spacial score (nSPS) is 10.3. The van der Waals surface area contributed by atoms with Crippen molar-refractivity contribution in [1.29, 1.82) is 0 Å². The smallest absolute Gasteiger partial charge is 0.0644 e. The fourth-order valence-electron chi connectivity index (χ4n) is 0.744. The maximum atomic E-state index is 8.58. The van der Waals surface area contributed by atoms with Crippen LogP contribution in [0.1, 0.15) is 5.69 Å². The van der Waals surface area contributed by atoms with Gasteiger partial charge in [0.1, 0.15) is 0 Å². The van der Waals surface area contributed by atoms with Gasteiger partial charge in [-0.25, -0.2) is 0 Å². The molecule has 0 saturated carbocycles. The number of aliphatic hydroxyl groups is 1. The molecule has 0 radical (unpaired) electrons. The van der Waals surface area contributed by atoms with Crippen LogP contribution in [-0.4, -0.2) is 21.5 Å². The van der Waals surface area contributed by atoms with E-state index < -0.39 is 0 Å². The molecule has 56 valence electrons. The molecular formula is C6H9BrN2O. The molecule has 1 heterocycles. The Hall–Kier alpha value is -0.350. The van der Waals surface area contributed by atoms with Crippen LogP contribution in [0.4, 0.5) is 0 Å². The van der Waals surface area contributed by atoms with Gasteiger partial charge in [0.2, 0.25) is 0 Å². The van der Waals surface area contributed by atoms with E-state index >= 15 is 0 Å². The van der Waals surface area contributed by atoms with Crippen molar-refractivity contribution in [2.45, 2.75) is 13.5 Å². The summed E-state index contributed by atoms with van der Waals surface area (Å²) in [5.74, 6) is 0. The highest BCUT2D eigenvalue weighted by molar-refractivity contribution is 9.10. The first-order valence-corrected chi connectivity index (χ1v) is 3.83. The minimum absolute atomic E-state index is 0.134. The molecule has 0 aromatic carbocycles. The van der Waals surface area contributed by atoms with Crippen LogP contribution in [0.2, 0.25) is 0 Å². The molecule has 3 nitrogen and oxygen atoms in total. The van der Waals surface area contributed by atoms with Crippen molar-refractivity contribution in [3.63, 3.8) is 0 Å². The number of hydrogen-bond acceptors (Lipinski definition) is 2. The summed E-state index contributed by atoms with van der Waals surface area (Å²) < 4.78 is 2.74. The minimum atomic E-state index is 0.134. The van der Waals surface area contributed by atoms with Crippen molar-refractivity contribution in [3.8, 4) is 0 Å². The van der Waals surface area contributed by atoms with E-state index in [1.165, 1.54) is 0 Å². The Labute approximate surface area is 67.8 Å². The quantitative estimate of drug-likeness (QED) is 0.780. The van der Waals surface area contributed by atoms with Crippen molar-refractivity contribution in [2.24, 2.45) is 0 Å². The highest BCUT2D eigenvalue weighted by atomic mass is 79.9. The van der Waals surface area contributed by atoms with Crippen molar-refractivity contribution in [2.75, 3.05) is 6.61 Å². The van der Waals surface area contributed by atoms with E-state index in [1.54, 1.807) is 10.9 Å². The molecule has 0 unspecified atom stereocenters. The second-order valence-electron chi connectivity index (χ2n) is 2.02. The number of halogens is 1. The number of aliphatic hydroxyl groups excluding tert-OH is 1. The first-order valence-electron chi connectivity index (χ1n) is 3.04. The molecule has 0 spiro atoms. The van der Waals surface area contributed by atoms with Gasteiger partial charge in [0.05, 0.1) is 23.8 Å². The van der Waals surface area contributed by atoms with Gasteiger partial charge in [-0.15, -0.1) is 0 Å². The number of rotatable bonds is 2. The van der Waals surface area contributed by atoms with Crippen LogP contribution >= 0.6 is 15.9 Å². The lowest BCUT2D eigenvalue weighted by atomic mass is 10.5. The topological polar surface area (TPSA) is 38.0 Å². The Kier molecular flexibility index (Phi) is 2.45. The summed E-state index contributed by atoms with van der Waals surface area (Å²) in [5, 5.41) is 12.6. The molecule has 0 atom stereocenters. The van der Waals surface area contributed by atoms with Gasteiger partial charge in [0.15, 0.2) is 0 Å². The highest BCUT2D eigenvalue weighted by Crippen LogP contribution is 2.13. The van der Waals surface area contributed by atoms with Crippen molar-refractivity contribution >= 4 is 15.9 Å². The summed E-state index contributed by atoms with van der Waals surface area (Å²) >= 11 is 3.32. The molecule has 0 saturated heterocycles. The van der Waals surface area contributed by atoms with Gasteiger partial charge in [0, 0.05) is 5.69 Å². The predicted molar refractivity (Wildman–Crippen MR) is 41.7 cm³/mol. The summed E-state index contributed by atoms with van der Waals surface area (Å²) in [6.07, 6.45) is 1.73. The zero-order valence-corrected chi connectivity index (χ0v) is 7.30. The molecule has 0 aliphatic rings. The molecule has 0 fully saturated rings. The lowest BCUT2D eigenvalue weighted by Crippen LogP contribution is -2.05. The van der Waals surface area contributed by atoms with Gasteiger partial charge < -0.3 is 5.11 Å². The molecule has 0 amide bonds. The highest BCUT2D eigenvalue weighted by Gasteiger charge is 2.00. The molecule has 10 heavy (non-hydrogen) atoms. The lowest BCUT2D eigenvalue weighted by Gasteiger charge is -1.99. The Bertz CT molecular complexity index is 222. The Morgan fingerprint density at radius 1 is 1.80 bits per heavy atom. The third-order valence-electron chi connectivity index (χ3n) is 1.36. The number of aromatic nitrogens is 2. The van der Waals surface area contributed by atoms with Gasteiger partial charge in [-0.1, -0.05) is 0 Å². The lowest BCUT2D eigenvalue weighted by molar-refractivity contribution is 0.268. The van der Waals surface area contributed by atoms with Crippen LogP contribution in [0.25, 0.3) is 0 Å². The van der Waals surface area contributed by atoms with E-state index in [0.717, 1.165) is 10.2 Å². The monoisotopic (exact) mass is 204 g/mol. The van der Waals surface area contributed by atoms with E-state index in [4.69, 9.17) is 5.11 Å². The molecule has 0 bridgehead atoms. The number of hydrogen-bond donors (Lipinski definition) is 1. The van der Waals surface area contributed by atoms with Crippen LogP contribution < -0.4 is 0 Å². The zero-order valence-electron chi connectivity index (χ0n) is 5.71. The van der Waals surface area contributed by atoms with E-state index in [9.17, 15) is 0 Å². The van der Waals surface area contributed by atoms with Crippen LogP contribution in [0.5, 0.6) is 0 Å². The molecule has 1 aromatic rings. The van der Waals surface area contributed by atoms with Crippen LogP contribution in [-0.2, 0) is 6.54 Å². The third kappa shape index (κ3) is 1.38. The average molecular weight is 205 g/mol. The van der Waals surface area contributed by atoms with Crippen LogP contribution in [0.15, 0.2) is 10.7 Å². The largest absolute Gasteiger partial charge is 0.394 e. The van der Waals surface area contributed by atoms with E-state index in [-0.39, 0.29) is 6.61 Å². The second-order valence-corrected chi connectivity index (χ2v) is 2.88. The Morgan fingerprint density at radius 2 is 2.50 bits per heavy atom. The SMILES string of the molecule is Cc1c(Br)cnn1CCO. The van der Waals surface area contributed by atoms with Gasteiger partial charge in [-0.05, 0) is 22.9 Å². The maximum Gasteiger partial charge on any atom is 0.0644 e. The maximum absolute atomic E-state index is 8.58. The second kappa shape index (κ2) is 3.16. The van der Waals surface area contributed by atoms with Crippen molar-refractivity contribution in [3.05, 3.63) is 16.4 Å². The molecule has 1 rings (SSSR count). The molecule has 1 N–H and O–H groups in total. The van der Waals surface area contributed by atoms with E-state index in [1.807, 2.05) is 6.92 Å². The summed E-state index contributed by atoms with van der Waals surface area (Å²) in [4.78, 5) is 0. The zero-order chi connectivity index (χ0) is 7.56. The first kappa shape index (κ1) is 7.75. The molecule has 4 heteroatoms. The molecule has 1 aromatic heterocycles. The van der Waals surface area contributed by atoms with E-state index in [0.29, 0.717) is 6.54 Å². The van der Waals surface area contributed by atoms with Crippen molar-refractivity contribution < 1.29 is 5.11 Å². The minimum Gasteiger partial charge on any atom is -0.394 e. The van der Waals surface area contributed by atoms with Gasteiger partial charge in [0.25, 0.3) is 0 Å². The molecular weight excluding hydrogens is 196 g/mol. The fraction of sp³-hybridized carbons (Fsp3) is 0.500. The first-order chi connectivity index (χ1) is 4.75. The van der Waals surface area contributed by atoms with Gasteiger partial charge in [-0.2, -0.15) is 5.10 Å². The number of nitrogens with zero attached hydrogens (tertiary/aromatic N) is 2. The Morgan fingerprint density at radius 3 is 2.90 bits per heavy atom. The predicted octanol–water partition coefficient (Wildman–Crippen LogP) is 0.946. The summed E-state index contributed by atoms with van der Waals surface area (Å²) in [6.45, 7) is 2.65. The standard InChI is InChI=1S/C6H9BrN2O/c1-5-6(7)4-8-9(5)2-3-10/h4,10H,2-3H2,1H3. The van der Waals surface area contributed by atoms with Crippen LogP contribution in [0.3, 0.4) is 0 Å². The Balaban J connectivity index is 2.83. The fourth-order valence-corrected chi connectivity index (χ4v) is 1.04. The van der Waals surface area contributed by atoms with Crippen LogP contribution in [0, 0.1) is 6.92 Å². The molecule has 0 aliphatic heterocycles. The van der Waals surface area contributed by atoms with Gasteiger partial charge >= 0.3 is 0 Å². The van der Waals surface area contributed by atoms with E-state index in [2.05, 4.69) is 21.0 Å². The third-order valence-corrected chi connectivity index (χ3v) is 2.13. The summed E-state index contributed by atoms with van der Waals surface area (Å²) in [6, 6.07) is 0. The average Bonchev–Trinajstić information content (AvgIpc) is 2.20. The summed E-state index contributed by atoms with van der Waals surface area (Å²) in [5.41, 5.74) is 1.05. The van der Waals surface area contributed by atoms with Crippen molar-refractivity contribution in [1.82, 2.24) is 9.78 Å². The molecule has 0 aliphatic carbocycles.